The van der Waals surface area contributed by atoms with Crippen LogP contribution in [0.5, 0.6) is 11.6 Å². The van der Waals surface area contributed by atoms with Crippen molar-refractivity contribution in [3.05, 3.63) is 70.0 Å². The molecule has 180 valence electrons. The first-order valence-corrected chi connectivity index (χ1v) is 10.3. The molecule has 0 spiro atoms. The van der Waals surface area contributed by atoms with Crippen molar-refractivity contribution in [1.29, 1.82) is 0 Å². The fourth-order valence-electron chi connectivity index (χ4n) is 3.65. The Labute approximate surface area is 191 Å². The number of hydrogen-bond donors (Lipinski definition) is 1. The number of ether oxygens (including phenoxy) is 2. The van der Waals surface area contributed by atoms with Crippen LogP contribution in [-0.2, 0) is 11.3 Å². The van der Waals surface area contributed by atoms with Crippen molar-refractivity contribution < 1.29 is 32.5 Å². The average Bonchev–Trinajstić information content (AvgIpc) is 3.02. The van der Waals surface area contributed by atoms with E-state index in [4.69, 9.17) is 4.74 Å². The van der Waals surface area contributed by atoms with Crippen LogP contribution in [0.3, 0.4) is 0 Å². The van der Waals surface area contributed by atoms with E-state index in [-0.39, 0.29) is 35.4 Å². The molecule has 1 aromatic carbocycles. The van der Waals surface area contributed by atoms with Crippen LogP contribution in [0.4, 0.5) is 13.2 Å². The molecule has 3 aromatic rings. The van der Waals surface area contributed by atoms with Gasteiger partial charge in [-0.3, -0.25) is 14.3 Å². The molecular weight excluding hydrogens is 457 g/mol. The molecule has 1 aliphatic heterocycles. The number of carbonyl (C=O) groups is 1. The zero-order chi connectivity index (χ0) is 24.5. The van der Waals surface area contributed by atoms with E-state index >= 15 is 0 Å². The molecule has 1 N–H and O–H groups in total. The first-order chi connectivity index (χ1) is 16.1. The third-order valence-corrected chi connectivity index (χ3v) is 5.37. The Kier molecular flexibility index (Phi) is 6.33. The first kappa shape index (κ1) is 23.4. The van der Waals surface area contributed by atoms with Crippen molar-refractivity contribution in [2.24, 2.45) is 0 Å². The smallest absolute Gasteiger partial charge is 0.493 e. The Balaban J connectivity index is 1.59. The zero-order valence-corrected chi connectivity index (χ0v) is 18.1. The first-order valence-electron chi connectivity index (χ1n) is 10.3. The SMILES string of the molecule is Cc1c(O)n(-c2ccc(OC(F)(F)F)cc2)c(=O)n1Cc1ccnc(C(=O)N2CCOCC2)c1. The molecule has 0 aliphatic carbocycles. The van der Waals surface area contributed by atoms with Gasteiger partial charge in [0, 0.05) is 19.3 Å². The number of aromatic nitrogens is 3. The van der Waals surface area contributed by atoms with E-state index < -0.39 is 17.8 Å². The number of amides is 1. The Morgan fingerprint density at radius 2 is 1.85 bits per heavy atom. The van der Waals surface area contributed by atoms with Gasteiger partial charge in [0.25, 0.3) is 5.91 Å². The van der Waals surface area contributed by atoms with Gasteiger partial charge in [-0.1, -0.05) is 0 Å². The molecule has 0 bridgehead atoms. The summed E-state index contributed by atoms with van der Waals surface area (Å²) in [5.74, 6) is -1.04. The Morgan fingerprint density at radius 1 is 1.18 bits per heavy atom. The molecule has 12 heteroatoms. The molecule has 3 heterocycles. The number of alkyl halides is 3. The lowest BCUT2D eigenvalue weighted by Gasteiger charge is -2.26. The quantitative estimate of drug-likeness (QED) is 0.605. The lowest BCUT2D eigenvalue weighted by molar-refractivity contribution is -0.274. The van der Waals surface area contributed by atoms with Gasteiger partial charge >= 0.3 is 12.1 Å². The summed E-state index contributed by atoms with van der Waals surface area (Å²) in [5.41, 5.74) is 0.657. The Morgan fingerprint density at radius 3 is 2.50 bits per heavy atom. The van der Waals surface area contributed by atoms with Crippen molar-refractivity contribution in [2.45, 2.75) is 19.8 Å². The van der Waals surface area contributed by atoms with Gasteiger partial charge in [-0.15, -0.1) is 13.2 Å². The molecule has 1 aliphatic rings. The Bertz CT molecular complexity index is 1240. The van der Waals surface area contributed by atoms with E-state index in [9.17, 15) is 27.9 Å². The van der Waals surface area contributed by atoms with Gasteiger partial charge in [0.2, 0.25) is 5.88 Å². The summed E-state index contributed by atoms with van der Waals surface area (Å²) in [6.07, 6.45) is -3.37. The van der Waals surface area contributed by atoms with Gasteiger partial charge in [0.15, 0.2) is 0 Å². The third-order valence-electron chi connectivity index (χ3n) is 5.37. The maximum atomic E-state index is 13.0. The number of rotatable bonds is 5. The van der Waals surface area contributed by atoms with Gasteiger partial charge in [-0.2, -0.15) is 0 Å². The second kappa shape index (κ2) is 9.21. The zero-order valence-electron chi connectivity index (χ0n) is 18.1. The maximum Gasteiger partial charge on any atom is 0.573 e. The van der Waals surface area contributed by atoms with Crippen LogP contribution in [-0.4, -0.2) is 62.7 Å². The number of nitrogens with zero attached hydrogens (tertiary/aromatic N) is 4. The minimum atomic E-state index is -4.84. The summed E-state index contributed by atoms with van der Waals surface area (Å²) >= 11 is 0. The Hall–Kier alpha value is -3.80. The van der Waals surface area contributed by atoms with Crippen molar-refractivity contribution in [1.82, 2.24) is 19.0 Å². The molecule has 0 atom stereocenters. The van der Waals surface area contributed by atoms with E-state index in [1.54, 1.807) is 17.0 Å². The number of imidazole rings is 1. The normalized spacial score (nSPS) is 14.3. The predicted octanol–water partition coefficient (Wildman–Crippen LogP) is 2.47. The number of pyridine rings is 1. The molecule has 1 saturated heterocycles. The topological polar surface area (TPSA) is 98.8 Å². The predicted molar refractivity (Wildman–Crippen MR) is 113 cm³/mol. The van der Waals surface area contributed by atoms with Crippen LogP contribution in [0.2, 0.25) is 0 Å². The van der Waals surface area contributed by atoms with E-state index in [1.807, 2.05) is 0 Å². The number of aromatic hydroxyl groups is 1. The summed E-state index contributed by atoms with van der Waals surface area (Å²) in [6, 6.07) is 7.80. The number of halogens is 3. The minimum absolute atomic E-state index is 0.0480. The lowest BCUT2D eigenvalue weighted by atomic mass is 10.2. The highest BCUT2D eigenvalue weighted by Gasteiger charge is 2.31. The van der Waals surface area contributed by atoms with Crippen LogP contribution in [0.1, 0.15) is 21.7 Å². The molecule has 1 fully saturated rings. The average molecular weight is 478 g/mol. The van der Waals surface area contributed by atoms with Crippen LogP contribution in [0.25, 0.3) is 5.69 Å². The van der Waals surface area contributed by atoms with Crippen LogP contribution < -0.4 is 10.4 Å². The highest BCUT2D eigenvalue weighted by Crippen LogP contribution is 2.26. The monoisotopic (exact) mass is 478 g/mol. The van der Waals surface area contributed by atoms with Gasteiger partial charge < -0.3 is 19.5 Å². The maximum absolute atomic E-state index is 13.0. The van der Waals surface area contributed by atoms with Crippen molar-refractivity contribution >= 4 is 5.91 Å². The van der Waals surface area contributed by atoms with E-state index in [0.29, 0.717) is 31.9 Å². The summed E-state index contributed by atoms with van der Waals surface area (Å²) in [6.45, 7) is 3.42. The highest BCUT2D eigenvalue weighted by molar-refractivity contribution is 5.92. The van der Waals surface area contributed by atoms with Crippen LogP contribution in [0, 0.1) is 6.92 Å². The second-order valence-corrected chi connectivity index (χ2v) is 7.61. The summed E-state index contributed by atoms with van der Waals surface area (Å²) in [7, 11) is 0. The fraction of sp³-hybridized carbons (Fsp3) is 0.318. The molecule has 4 rings (SSSR count). The summed E-state index contributed by atoms with van der Waals surface area (Å²) < 4.78 is 48.5. The van der Waals surface area contributed by atoms with Crippen LogP contribution in [0.15, 0.2) is 47.4 Å². The molecular formula is C22H21F3N4O5. The van der Waals surface area contributed by atoms with Crippen molar-refractivity contribution in [3.8, 4) is 17.3 Å². The van der Waals surface area contributed by atoms with Gasteiger partial charge in [-0.05, 0) is 48.9 Å². The van der Waals surface area contributed by atoms with Gasteiger partial charge in [0.1, 0.15) is 11.4 Å². The number of hydrogen-bond acceptors (Lipinski definition) is 6. The summed E-state index contributed by atoms with van der Waals surface area (Å²) in [5, 5.41) is 10.5. The summed E-state index contributed by atoms with van der Waals surface area (Å²) in [4.78, 5) is 31.5. The highest BCUT2D eigenvalue weighted by atomic mass is 19.4. The molecule has 0 radical (unpaired) electrons. The van der Waals surface area contributed by atoms with E-state index in [1.165, 1.54) is 29.8 Å². The molecule has 0 unspecified atom stereocenters. The van der Waals surface area contributed by atoms with Crippen LogP contribution >= 0.6 is 0 Å². The minimum Gasteiger partial charge on any atom is -0.493 e. The largest absolute Gasteiger partial charge is 0.573 e. The number of morpholine rings is 1. The molecule has 9 nitrogen and oxygen atoms in total. The number of carbonyl (C=O) groups excluding carboxylic acids is 1. The third kappa shape index (κ3) is 4.91. The van der Waals surface area contributed by atoms with Gasteiger partial charge in [0.05, 0.1) is 31.1 Å². The molecule has 34 heavy (non-hydrogen) atoms. The molecule has 1 amide bonds. The van der Waals surface area contributed by atoms with Crippen molar-refractivity contribution in [3.63, 3.8) is 0 Å². The lowest BCUT2D eigenvalue weighted by Crippen LogP contribution is -2.41. The standard InChI is InChI=1S/C22H21F3N4O5/c1-14-19(30)29(16-2-4-17(5-3-16)34-22(23,24)25)21(32)28(14)13-15-6-7-26-18(12-15)20(31)27-8-10-33-11-9-27/h2-7,12,30H,8-11,13H2,1H3. The fourth-order valence-corrected chi connectivity index (χ4v) is 3.65. The van der Waals surface area contributed by atoms with E-state index in [0.717, 1.165) is 16.7 Å². The molecule has 2 aromatic heterocycles. The molecule has 0 saturated carbocycles. The van der Waals surface area contributed by atoms with Gasteiger partial charge in [-0.25, -0.2) is 9.36 Å². The van der Waals surface area contributed by atoms with Crippen molar-refractivity contribution in [2.75, 3.05) is 26.3 Å². The number of benzene rings is 1. The second-order valence-electron chi connectivity index (χ2n) is 7.61. The van der Waals surface area contributed by atoms with E-state index in [2.05, 4.69) is 9.72 Å².